The maximum Gasteiger partial charge on any atom is 0.226 e. The number of aryl methyl sites for hydroxylation is 2. The van der Waals surface area contributed by atoms with Crippen molar-refractivity contribution in [1.82, 2.24) is 20.8 Å². The first-order valence-electron chi connectivity index (χ1n) is 6.94. The number of hydrogen-bond acceptors (Lipinski definition) is 5. The lowest BCUT2D eigenvalue weighted by molar-refractivity contribution is -0.122. The fourth-order valence-corrected chi connectivity index (χ4v) is 1.60. The predicted molar refractivity (Wildman–Crippen MR) is 72.9 cm³/mol. The first-order valence-corrected chi connectivity index (χ1v) is 6.94. The summed E-state index contributed by atoms with van der Waals surface area (Å²) >= 11 is 0. The van der Waals surface area contributed by atoms with Gasteiger partial charge in [-0.3, -0.25) is 9.59 Å². The SMILES string of the molecule is CCCNC(=O)CCNC(=O)CCCc1nc(C)no1. The maximum atomic E-state index is 11.5. The Hall–Kier alpha value is -1.92. The molecule has 0 atom stereocenters. The molecular formula is C13H22N4O3. The Labute approximate surface area is 118 Å². The molecule has 2 amide bonds. The fourth-order valence-electron chi connectivity index (χ4n) is 1.60. The third-order valence-corrected chi connectivity index (χ3v) is 2.61. The number of amides is 2. The molecule has 0 fully saturated rings. The van der Waals surface area contributed by atoms with E-state index in [0.717, 1.165) is 6.42 Å². The summed E-state index contributed by atoms with van der Waals surface area (Å²) in [6.45, 7) is 4.79. The van der Waals surface area contributed by atoms with Gasteiger partial charge in [-0.05, 0) is 19.8 Å². The molecule has 0 aliphatic carbocycles. The van der Waals surface area contributed by atoms with Gasteiger partial charge in [0.15, 0.2) is 5.82 Å². The van der Waals surface area contributed by atoms with Gasteiger partial charge in [-0.25, -0.2) is 0 Å². The molecular weight excluding hydrogens is 260 g/mol. The summed E-state index contributed by atoms with van der Waals surface area (Å²) in [4.78, 5) is 26.9. The van der Waals surface area contributed by atoms with Crippen molar-refractivity contribution in [2.24, 2.45) is 0 Å². The van der Waals surface area contributed by atoms with Gasteiger partial charge in [0, 0.05) is 32.4 Å². The molecule has 0 unspecified atom stereocenters. The van der Waals surface area contributed by atoms with Gasteiger partial charge in [-0.2, -0.15) is 4.98 Å². The Morgan fingerprint density at radius 1 is 1.15 bits per heavy atom. The van der Waals surface area contributed by atoms with Crippen LogP contribution in [0.2, 0.25) is 0 Å². The standard InChI is InChI=1S/C13H22N4O3/c1-3-8-14-12(19)7-9-15-11(18)5-4-6-13-16-10(2)17-20-13/h3-9H2,1-2H3,(H,14,19)(H,15,18). The van der Waals surface area contributed by atoms with Crippen LogP contribution < -0.4 is 10.6 Å². The zero-order chi connectivity index (χ0) is 14.8. The smallest absolute Gasteiger partial charge is 0.226 e. The van der Waals surface area contributed by atoms with Crippen molar-refractivity contribution in [3.8, 4) is 0 Å². The highest BCUT2D eigenvalue weighted by Gasteiger charge is 2.06. The monoisotopic (exact) mass is 282 g/mol. The molecule has 0 spiro atoms. The minimum Gasteiger partial charge on any atom is -0.356 e. The van der Waals surface area contributed by atoms with Crippen molar-refractivity contribution in [3.63, 3.8) is 0 Å². The summed E-state index contributed by atoms with van der Waals surface area (Å²) in [6, 6.07) is 0. The second-order valence-electron chi connectivity index (χ2n) is 4.54. The Bertz CT molecular complexity index is 431. The van der Waals surface area contributed by atoms with E-state index >= 15 is 0 Å². The average Bonchev–Trinajstić information content (AvgIpc) is 2.82. The number of aromatic nitrogens is 2. The summed E-state index contributed by atoms with van der Waals surface area (Å²) in [5.74, 6) is 1.05. The summed E-state index contributed by atoms with van der Waals surface area (Å²) < 4.78 is 4.95. The predicted octanol–water partition coefficient (Wildman–Crippen LogP) is 0.733. The van der Waals surface area contributed by atoms with Gasteiger partial charge in [0.05, 0.1) is 0 Å². The fraction of sp³-hybridized carbons (Fsp3) is 0.692. The van der Waals surface area contributed by atoms with Gasteiger partial charge in [0.1, 0.15) is 0 Å². The molecule has 0 bridgehead atoms. The van der Waals surface area contributed by atoms with Crippen LogP contribution >= 0.6 is 0 Å². The van der Waals surface area contributed by atoms with Crippen LogP contribution in [0.3, 0.4) is 0 Å². The van der Waals surface area contributed by atoms with E-state index in [0.29, 0.717) is 50.5 Å². The molecule has 0 saturated heterocycles. The molecule has 0 aliphatic rings. The van der Waals surface area contributed by atoms with Crippen molar-refractivity contribution < 1.29 is 14.1 Å². The van der Waals surface area contributed by atoms with E-state index in [-0.39, 0.29) is 11.8 Å². The minimum atomic E-state index is -0.0653. The Balaban J connectivity index is 2.04. The first kappa shape index (κ1) is 16.1. The van der Waals surface area contributed by atoms with Gasteiger partial charge >= 0.3 is 0 Å². The normalized spacial score (nSPS) is 10.3. The average molecular weight is 282 g/mol. The highest BCUT2D eigenvalue weighted by atomic mass is 16.5. The molecule has 20 heavy (non-hydrogen) atoms. The Kier molecular flexibility index (Phi) is 7.31. The maximum absolute atomic E-state index is 11.5. The molecule has 7 heteroatoms. The Morgan fingerprint density at radius 3 is 2.50 bits per heavy atom. The molecule has 7 nitrogen and oxygen atoms in total. The number of nitrogens with zero attached hydrogens (tertiary/aromatic N) is 2. The second kappa shape index (κ2) is 9.06. The van der Waals surface area contributed by atoms with Crippen LogP contribution in [0.15, 0.2) is 4.52 Å². The van der Waals surface area contributed by atoms with Gasteiger partial charge in [0.25, 0.3) is 0 Å². The number of hydrogen-bond donors (Lipinski definition) is 2. The lowest BCUT2D eigenvalue weighted by Gasteiger charge is -2.05. The van der Waals surface area contributed by atoms with E-state index < -0.39 is 0 Å². The van der Waals surface area contributed by atoms with E-state index in [2.05, 4.69) is 20.8 Å². The number of rotatable bonds is 9. The molecule has 112 valence electrons. The van der Waals surface area contributed by atoms with E-state index in [9.17, 15) is 9.59 Å². The van der Waals surface area contributed by atoms with Crippen molar-refractivity contribution in [2.45, 2.75) is 46.0 Å². The van der Waals surface area contributed by atoms with E-state index in [1.165, 1.54) is 0 Å². The van der Waals surface area contributed by atoms with Gasteiger partial charge in [-0.15, -0.1) is 0 Å². The highest BCUT2D eigenvalue weighted by Crippen LogP contribution is 2.02. The molecule has 1 aromatic heterocycles. The zero-order valence-electron chi connectivity index (χ0n) is 12.1. The quantitative estimate of drug-likeness (QED) is 0.696. The number of carbonyl (C=O) groups excluding carboxylic acids is 2. The number of carbonyl (C=O) groups is 2. The van der Waals surface area contributed by atoms with E-state index in [4.69, 9.17) is 4.52 Å². The third kappa shape index (κ3) is 6.86. The molecule has 1 aromatic rings. The summed E-state index contributed by atoms with van der Waals surface area (Å²) in [5, 5.41) is 9.15. The zero-order valence-corrected chi connectivity index (χ0v) is 12.1. The van der Waals surface area contributed by atoms with Crippen molar-refractivity contribution >= 4 is 11.8 Å². The molecule has 1 heterocycles. The van der Waals surface area contributed by atoms with Crippen molar-refractivity contribution in [1.29, 1.82) is 0 Å². The molecule has 0 aromatic carbocycles. The van der Waals surface area contributed by atoms with Crippen LogP contribution in [0.4, 0.5) is 0 Å². The molecule has 0 saturated carbocycles. The van der Waals surface area contributed by atoms with Gasteiger partial charge in [0.2, 0.25) is 17.7 Å². The third-order valence-electron chi connectivity index (χ3n) is 2.61. The van der Waals surface area contributed by atoms with Crippen molar-refractivity contribution in [3.05, 3.63) is 11.7 Å². The molecule has 2 N–H and O–H groups in total. The summed E-state index contributed by atoms with van der Waals surface area (Å²) in [7, 11) is 0. The van der Waals surface area contributed by atoms with Crippen LogP contribution in [-0.2, 0) is 16.0 Å². The molecule has 1 rings (SSSR count). The first-order chi connectivity index (χ1) is 9.61. The molecule has 0 aliphatic heterocycles. The van der Waals surface area contributed by atoms with Crippen LogP contribution in [0, 0.1) is 6.92 Å². The van der Waals surface area contributed by atoms with Crippen molar-refractivity contribution in [2.75, 3.05) is 13.1 Å². The lowest BCUT2D eigenvalue weighted by Crippen LogP contribution is -2.30. The van der Waals surface area contributed by atoms with Crippen LogP contribution in [-0.4, -0.2) is 35.0 Å². The largest absolute Gasteiger partial charge is 0.356 e. The van der Waals surface area contributed by atoms with E-state index in [1.807, 2.05) is 6.92 Å². The number of nitrogens with one attached hydrogen (secondary N) is 2. The van der Waals surface area contributed by atoms with Gasteiger partial charge < -0.3 is 15.2 Å². The topological polar surface area (TPSA) is 97.1 Å². The lowest BCUT2D eigenvalue weighted by atomic mass is 10.2. The summed E-state index contributed by atoms with van der Waals surface area (Å²) in [5.41, 5.74) is 0. The van der Waals surface area contributed by atoms with Crippen LogP contribution in [0.5, 0.6) is 0 Å². The Morgan fingerprint density at radius 2 is 1.85 bits per heavy atom. The van der Waals surface area contributed by atoms with Gasteiger partial charge in [-0.1, -0.05) is 12.1 Å². The van der Waals surface area contributed by atoms with Crippen LogP contribution in [0.25, 0.3) is 0 Å². The van der Waals surface area contributed by atoms with E-state index in [1.54, 1.807) is 6.92 Å². The minimum absolute atomic E-state index is 0.0338. The second-order valence-corrected chi connectivity index (χ2v) is 4.54. The van der Waals surface area contributed by atoms with Crippen LogP contribution in [0.1, 0.15) is 44.3 Å². The highest BCUT2D eigenvalue weighted by molar-refractivity contribution is 5.78. The summed E-state index contributed by atoms with van der Waals surface area (Å²) in [6.07, 6.45) is 2.85. The molecule has 0 radical (unpaired) electrons.